The van der Waals surface area contributed by atoms with E-state index >= 15 is 0 Å². The summed E-state index contributed by atoms with van der Waals surface area (Å²) in [6.07, 6.45) is 7.14. The van der Waals surface area contributed by atoms with Gasteiger partial charge in [-0.3, -0.25) is 43.9 Å². The maximum Gasteiger partial charge on any atom is 0.262 e. The molecule has 0 spiro atoms. The van der Waals surface area contributed by atoms with E-state index in [2.05, 4.69) is 74.9 Å². The minimum atomic E-state index is -1.02. The fourth-order valence-corrected chi connectivity index (χ4v) is 9.27. The van der Waals surface area contributed by atoms with E-state index in [1.807, 2.05) is 11.2 Å². The molecular weight excluding hydrogens is 781 g/mol. The molecule has 5 aliphatic rings. The van der Waals surface area contributed by atoms with E-state index < -0.39 is 29.7 Å². The molecule has 6 heterocycles. The first-order chi connectivity index (χ1) is 29.6. The number of nitrogens with zero attached hydrogens (tertiary/aromatic N) is 8. The first-order valence-corrected chi connectivity index (χ1v) is 21.2. The Balaban J connectivity index is 0.687. The van der Waals surface area contributed by atoms with Crippen molar-refractivity contribution >= 4 is 63.8 Å². The van der Waals surface area contributed by atoms with Crippen LogP contribution in [0.4, 0.5) is 17.2 Å². The molecule has 4 aromatic rings. The monoisotopic (exact) mass is 830 g/mol. The zero-order chi connectivity index (χ0) is 42.2. The van der Waals surface area contributed by atoms with Gasteiger partial charge in [0.25, 0.3) is 11.8 Å². The van der Waals surface area contributed by atoms with Gasteiger partial charge in [0.1, 0.15) is 17.9 Å². The molecule has 61 heavy (non-hydrogen) atoms. The Morgan fingerprint density at radius 1 is 0.836 bits per heavy atom. The number of piperazine rings is 1. The number of rotatable bonds is 12. The van der Waals surface area contributed by atoms with Gasteiger partial charge in [0.05, 0.1) is 24.0 Å². The zero-order valence-electron chi connectivity index (χ0n) is 34.1. The number of imidazole rings is 1. The molecule has 9 rings (SSSR count). The zero-order valence-corrected chi connectivity index (χ0v) is 34.1. The summed E-state index contributed by atoms with van der Waals surface area (Å²) in [7, 11) is 0. The third kappa shape index (κ3) is 8.36. The summed E-state index contributed by atoms with van der Waals surface area (Å²) in [6, 6.07) is 12.8. The number of fused-ring (bicyclic) bond motifs is 2. The molecule has 2 aromatic heterocycles. The quantitative estimate of drug-likeness (QED) is 0.151. The van der Waals surface area contributed by atoms with Gasteiger partial charge >= 0.3 is 0 Å². The van der Waals surface area contributed by atoms with Crippen LogP contribution < -0.4 is 26.2 Å². The number of likely N-dealkylation sites (tertiary alicyclic amines) is 1. The number of aromatic nitrogens is 4. The van der Waals surface area contributed by atoms with Crippen molar-refractivity contribution in [3.8, 4) is 0 Å². The largest absolute Gasteiger partial charge is 0.376 e. The Labute approximate surface area is 352 Å². The van der Waals surface area contributed by atoms with Crippen LogP contribution in [0.5, 0.6) is 0 Å². The number of hydrogen-bond donors (Lipinski definition) is 4. The van der Waals surface area contributed by atoms with Crippen LogP contribution in [-0.4, -0.2) is 134 Å². The average molecular weight is 831 g/mol. The molecule has 1 atom stereocenters. The Hall–Kier alpha value is -6.43. The second-order valence-electron chi connectivity index (χ2n) is 16.8. The van der Waals surface area contributed by atoms with Crippen LogP contribution in [0.25, 0.3) is 11.2 Å². The summed E-state index contributed by atoms with van der Waals surface area (Å²) in [5.74, 6) is -1.02. The molecule has 318 valence electrons. The third-order valence-electron chi connectivity index (χ3n) is 12.8. The summed E-state index contributed by atoms with van der Waals surface area (Å²) >= 11 is 0. The van der Waals surface area contributed by atoms with Gasteiger partial charge in [-0.05, 0) is 73.9 Å². The first-order valence-electron chi connectivity index (χ1n) is 21.2. The molecule has 0 bridgehead atoms. The molecule has 4 aliphatic heterocycles. The molecule has 4 N–H and O–H groups in total. The van der Waals surface area contributed by atoms with Gasteiger partial charge in [0.15, 0.2) is 11.5 Å². The number of amides is 6. The maximum absolute atomic E-state index is 13.2. The van der Waals surface area contributed by atoms with E-state index in [4.69, 9.17) is 0 Å². The van der Waals surface area contributed by atoms with Crippen LogP contribution in [0.3, 0.4) is 0 Å². The average Bonchev–Trinajstić information content (AvgIpc) is 3.78. The van der Waals surface area contributed by atoms with E-state index in [0.717, 1.165) is 80.0 Å². The lowest BCUT2D eigenvalue weighted by Crippen LogP contribution is -2.54. The molecule has 4 fully saturated rings. The highest BCUT2D eigenvalue weighted by Gasteiger charge is 2.44. The number of carbonyl (C=O) groups excluding carboxylic acids is 6. The Bertz CT molecular complexity index is 2360. The molecule has 3 saturated heterocycles. The second kappa shape index (κ2) is 16.9. The predicted molar refractivity (Wildman–Crippen MR) is 225 cm³/mol. The van der Waals surface area contributed by atoms with E-state index in [1.54, 1.807) is 25.4 Å². The van der Waals surface area contributed by atoms with Gasteiger partial charge < -0.3 is 30.3 Å². The number of benzene rings is 2. The Kier molecular flexibility index (Phi) is 11.1. The lowest BCUT2D eigenvalue weighted by atomic mass is 9.86. The molecular formula is C43H50N12O6. The SMILES string of the molecule is CC(=O)NC1CC(n2cnc3c(NCc4ccc(N5CCN(CC6CCN(C(=O)CNc7ccc8c(c7)C(=O)N([C@H]7CCC(=O)NC7=O)C8=O)CC6)CC5)cc4)ncnc32)C1. The summed E-state index contributed by atoms with van der Waals surface area (Å²) in [5.41, 5.74) is 4.79. The van der Waals surface area contributed by atoms with Crippen LogP contribution in [0, 0.1) is 5.92 Å². The maximum atomic E-state index is 13.2. The summed E-state index contributed by atoms with van der Waals surface area (Å²) in [6.45, 7) is 8.48. The lowest BCUT2D eigenvalue weighted by Gasteiger charge is -2.39. The normalized spacial score (nSPS) is 22.2. The van der Waals surface area contributed by atoms with Gasteiger partial charge in [0.2, 0.25) is 23.6 Å². The minimum Gasteiger partial charge on any atom is -0.376 e. The molecule has 1 aliphatic carbocycles. The van der Waals surface area contributed by atoms with Crippen molar-refractivity contribution in [2.75, 3.05) is 67.9 Å². The minimum absolute atomic E-state index is 0.00346. The topological polar surface area (TPSA) is 207 Å². The highest BCUT2D eigenvalue weighted by atomic mass is 16.2. The fraction of sp³-hybridized carbons (Fsp3) is 0.465. The number of piperidine rings is 2. The van der Waals surface area contributed by atoms with Crippen molar-refractivity contribution in [3.63, 3.8) is 0 Å². The fourth-order valence-electron chi connectivity index (χ4n) is 9.27. The molecule has 18 heteroatoms. The van der Waals surface area contributed by atoms with Gasteiger partial charge in [-0.1, -0.05) is 12.1 Å². The number of anilines is 3. The standard InChI is InChI=1S/C43H50N12O6/c1-26(56)49-30-18-32(19-30)54-25-48-38-39(46-24-47-40(38)54)45-21-27-2-5-31(6-3-27)52-16-14-51(15-17-52)23-28-10-12-53(13-11-28)37(58)22-44-29-4-7-33-34(20-29)43(61)55(42(33)60)35-8-9-36(57)50-41(35)59/h2-7,20,24-25,28,30,32,35,44H,8-19,21-23H2,1H3,(H,49,56)(H,45,46,47)(H,50,57,59)/t30?,32?,35-/m0/s1. The van der Waals surface area contributed by atoms with Crippen molar-refractivity contribution in [1.29, 1.82) is 0 Å². The van der Waals surface area contributed by atoms with E-state index in [9.17, 15) is 28.8 Å². The highest BCUT2D eigenvalue weighted by molar-refractivity contribution is 6.23. The number of nitrogens with one attached hydrogen (secondary N) is 4. The molecule has 18 nitrogen and oxygen atoms in total. The number of carbonyl (C=O) groups is 6. The van der Waals surface area contributed by atoms with Crippen LogP contribution >= 0.6 is 0 Å². The second-order valence-corrected chi connectivity index (χ2v) is 16.8. The van der Waals surface area contributed by atoms with Gasteiger partial charge in [-0.25, -0.2) is 15.0 Å². The molecule has 6 amide bonds. The van der Waals surface area contributed by atoms with Crippen molar-refractivity contribution in [1.82, 2.24) is 44.9 Å². The Morgan fingerprint density at radius 2 is 1.59 bits per heavy atom. The van der Waals surface area contributed by atoms with E-state index in [0.29, 0.717) is 37.1 Å². The van der Waals surface area contributed by atoms with E-state index in [-0.39, 0.29) is 54.4 Å². The van der Waals surface area contributed by atoms with Crippen molar-refractivity contribution < 1.29 is 28.8 Å². The predicted octanol–water partition coefficient (Wildman–Crippen LogP) is 2.15. The highest BCUT2D eigenvalue weighted by Crippen LogP contribution is 2.35. The van der Waals surface area contributed by atoms with Crippen molar-refractivity contribution in [2.24, 2.45) is 5.92 Å². The molecule has 1 saturated carbocycles. The van der Waals surface area contributed by atoms with Crippen LogP contribution in [-0.2, 0) is 25.7 Å². The molecule has 0 radical (unpaired) electrons. The van der Waals surface area contributed by atoms with Crippen molar-refractivity contribution in [2.45, 2.75) is 70.1 Å². The summed E-state index contributed by atoms with van der Waals surface area (Å²) in [5, 5.41) is 11.7. The van der Waals surface area contributed by atoms with Crippen LogP contribution in [0.2, 0.25) is 0 Å². The van der Waals surface area contributed by atoms with Gasteiger partial charge in [0, 0.05) is 89.2 Å². The van der Waals surface area contributed by atoms with E-state index in [1.165, 1.54) is 11.8 Å². The smallest absolute Gasteiger partial charge is 0.262 e. The first kappa shape index (κ1) is 40.0. The Morgan fingerprint density at radius 3 is 2.33 bits per heavy atom. The van der Waals surface area contributed by atoms with Crippen molar-refractivity contribution in [3.05, 3.63) is 71.8 Å². The molecule has 0 unspecified atom stereocenters. The summed E-state index contributed by atoms with van der Waals surface area (Å²) < 4.78 is 2.08. The summed E-state index contributed by atoms with van der Waals surface area (Å²) in [4.78, 5) is 96.1. The number of hydrogen-bond acceptors (Lipinski definition) is 13. The van der Waals surface area contributed by atoms with Gasteiger partial charge in [-0.15, -0.1) is 0 Å². The lowest BCUT2D eigenvalue weighted by molar-refractivity contribution is -0.136. The van der Waals surface area contributed by atoms with Gasteiger partial charge in [-0.2, -0.15) is 0 Å². The van der Waals surface area contributed by atoms with Crippen LogP contribution in [0.1, 0.15) is 77.8 Å². The molecule has 2 aromatic carbocycles. The third-order valence-corrected chi connectivity index (χ3v) is 12.8. The van der Waals surface area contributed by atoms with Crippen LogP contribution in [0.15, 0.2) is 55.1 Å². The number of imide groups is 2.